The Kier molecular flexibility index (Phi) is 5.59. The smallest absolute Gasteiger partial charge is 0.306 e. The van der Waals surface area contributed by atoms with Gasteiger partial charge in [-0.15, -0.1) is 0 Å². The number of carbonyl (C=O) groups is 1. The predicted molar refractivity (Wildman–Crippen MR) is 79.1 cm³/mol. The third kappa shape index (κ3) is 4.15. The Morgan fingerprint density at radius 1 is 1.24 bits per heavy atom. The Labute approximate surface area is 126 Å². The summed E-state index contributed by atoms with van der Waals surface area (Å²) < 4.78 is 28.6. The van der Waals surface area contributed by atoms with Crippen LogP contribution in [0, 0.1) is 5.92 Å². The SMILES string of the molecule is CCN1CCCC1CNS(=O)(=O)N1CCC(C(=O)O)CC1. The van der Waals surface area contributed by atoms with Crippen molar-refractivity contribution >= 4 is 16.2 Å². The highest BCUT2D eigenvalue weighted by Crippen LogP contribution is 2.20. The van der Waals surface area contributed by atoms with Crippen LogP contribution >= 0.6 is 0 Å². The average Bonchev–Trinajstić information content (AvgIpc) is 2.93. The van der Waals surface area contributed by atoms with E-state index in [9.17, 15) is 13.2 Å². The third-order valence-corrected chi connectivity index (χ3v) is 6.13. The molecule has 0 aliphatic carbocycles. The largest absolute Gasteiger partial charge is 0.481 e. The van der Waals surface area contributed by atoms with Crippen LogP contribution in [0.25, 0.3) is 0 Å². The van der Waals surface area contributed by atoms with Crippen LogP contribution in [0.3, 0.4) is 0 Å². The summed E-state index contributed by atoms with van der Waals surface area (Å²) in [6.07, 6.45) is 2.92. The molecule has 0 saturated carbocycles. The molecule has 2 aliphatic heterocycles. The molecule has 7 nitrogen and oxygen atoms in total. The van der Waals surface area contributed by atoms with Gasteiger partial charge in [0.25, 0.3) is 10.2 Å². The van der Waals surface area contributed by atoms with Gasteiger partial charge in [0, 0.05) is 25.7 Å². The molecular formula is C13H25N3O4S. The van der Waals surface area contributed by atoms with Crippen LogP contribution in [0.1, 0.15) is 32.6 Å². The highest BCUT2D eigenvalue weighted by molar-refractivity contribution is 7.87. The maximum Gasteiger partial charge on any atom is 0.306 e. The van der Waals surface area contributed by atoms with E-state index in [0.29, 0.717) is 19.4 Å². The lowest BCUT2D eigenvalue weighted by Gasteiger charge is -2.30. The molecule has 2 rings (SSSR count). The lowest BCUT2D eigenvalue weighted by molar-refractivity contribution is -0.142. The first-order valence-electron chi connectivity index (χ1n) is 7.65. The number of aliphatic carboxylic acids is 1. The number of hydrogen-bond acceptors (Lipinski definition) is 4. The van der Waals surface area contributed by atoms with Gasteiger partial charge in [0.1, 0.15) is 0 Å². The van der Waals surface area contributed by atoms with Gasteiger partial charge in [-0.1, -0.05) is 6.92 Å². The molecule has 21 heavy (non-hydrogen) atoms. The van der Waals surface area contributed by atoms with E-state index in [0.717, 1.165) is 25.9 Å². The van der Waals surface area contributed by atoms with Crippen molar-refractivity contribution in [1.29, 1.82) is 0 Å². The van der Waals surface area contributed by atoms with Crippen LogP contribution in [-0.4, -0.2) is 67.5 Å². The third-order valence-electron chi connectivity index (χ3n) is 4.55. The molecule has 0 radical (unpaired) electrons. The zero-order valence-corrected chi connectivity index (χ0v) is 13.3. The lowest BCUT2D eigenvalue weighted by atomic mass is 9.99. The second-order valence-electron chi connectivity index (χ2n) is 5.79. The molecular weight excluding hydrogens is 294 g/mol. The molecule has 2 fully saturated rings. The molecule has 0 aromatic carbocycles. The van der Waals surface area contributed by atoms with Gasteiger partial charge in [0.2, 0.25) is 0 Å². The standard InChI is InChI=1S/C13H25N3O4S/c1-2-15-7-3-4-12(15)10-14-21(19,20)16-8-5-11(6-9-16)13(17)18/h11-12,14H,2-10H2,1H3,(H,17,18). The molecule has 2 N–H and O–H groups in total. The highest BCUT2D eigenvalue weighted by Gasteiger charge is 2.32. The van der Waals surface area contributed by atoms with E-state index in [-0.39, 0.29) is 19.1 Å². The van der Waals surface area contributed by atoms with Crippen molar-refractivity contribution in [1.82, 2.24) is 13.9 Å². The van der Waals surface area contributed by atoms with Crippen molar-refractivity contribution in [3.63, 3.8) is 0 Å². The summed E-state index contributed by atoms with van der Waals surface area (Å²) in [5.74, 6) is -1.24. The Bertz CT molecular complexity index is 460. The minimum absolute atomic E-state index is 0.279. The topological polar surface area (TPSA) is 90.0 Å². The van der Waals surface area contributed by atoms with Crippen LogP contribution in [0.2, 0.25) is 0 Å². The Hall–Kier alpha value is -0.700. The quantitative estimate of drug-likeness (QED) is 0.725. The molecule has 1 atom stereocenters. The van der Waals surface area contributed by atoms with Crippen molar-refractivity contribution in [2.75, 3.05) is 32.7 Å². The molecule has 0 aromatic heterocycles. The number of nitrogens with one attached hydrogen (secondary N) is 1. The van der Waals surface area contributed by atoms with E-state index < -0.39 is 22.1 Å². The monoisotopic (exact) mass is 319 g/mol. The molecule has 0 bridgehead atoms. The van der Waals surface area contributed by atoms with Crippen LogP contribution < -0.4 is 4.72 Å². The molecule has 122 valence electrons. The van der Waals surface area contributed by atoms with E-state index in [1.807, 2.05) is 0 Å². The zero-order chi connectivity index (χ0) is 15.5. The number of likely N-dealkylation sites (tertiary alicyclic amines) is 1. The second-order valence-corrected chi connectivity index (χ2v) is 7.54. The van der Waals surface area contributed by atoms with E-state index in [1.165, 1.54) is 4.31 Å². The molecule has 2 saturated heterocycles. The summed E-state index contributed by atoms with van der Waals surface area (Å²) >= 11 is 0. The fourth-order valence-electron chi connectivity index (χ4n) is 3.18. The Morgan fingerprint density at radius 3 is 2.48 bits per heavy atom. The second kappa shape index (κ2) is 7.04. The van der Waals surface area contributed by atoms with Gasteiger partial charge < -0.3 is 5.11 Å². The number of rotatable bonds is 6. The van der Waals surface area contributed by atoms with Gasteiger partial charge in [-0.2, -0.15) is 12.7 Å². The molecule has 0 aromatic rings. The number of carboxylic acid groups (broad SMARTS) is 1. The molecule has 2 aliphatic rings. The van der Waals surface area contributed by atoms with Crippen molar-refractivity contribution in [3.8, 4) is 0 Å². The summed E-state index contributed by atoms with van der Waals surface area (Å²) in [4.78, 5) is 13.2. The van der Waals surface area contributed by atoms with Crippen molar-refractivity contribution in [3.05, 3.63) is 0 Å². The number of carboxylic acids is 1. The predicted octanol–water partition coefficient (Wildman–Crippen LogP) is 0.102. The summed E-state index contributed by atoms with van der Waals surface area (Å²) in [6.45, 7) is 5.07. The van der Waals surface area contributed by atoms with Crippen LogP contribution in [0.5, 0.6) is 0 Å². The maximum absolute atomic E-state index is 12.3. The van der Waals surface area contributed by atoms with Gasteiger partial charge in [-0.05, 0) is 38.8 Å². The maximum atomic E-state index is 12.3. The van der Waals surface area contributed by atoms with Crippen LogP contribution in [0.15, 0.2) is 0 Å². The van der Waals surface area contributed by atoms with Gasteiger partial charge >= 0.3 is 5.97 Å². The fourth-order valence-corrected chi connectivity index (χ4v) is 4.46. The molecule has 2 heterocycles. The first kappa shape index (κ1) is 16.7. The fraction of sp³-hybridized carbons (Fsp3) is 0.923. The van der Waals surface area contributed by atoms with Gasteiger partial charge in [-0.3, -0.25) is 9.69 Å². The van der Waals surface area contributed by atoms with Crippen molar-refractivity contribution in [2.45, 2.75) is 38.6 Å². The summed E-state index contributed by atoms with van der Waals surface area (Å²) in [6, 6.07) is 0.279. The Balaban J connectivity index is 1.83. The van der Waals surface area contributed by atoms with Gasteiger partial charge in [0.05, 0.1) is 5.92 Å². The minimum atomic E-state index is -3.49. The van der Waals surface area contributed by atoms with Crippen molar-refractivity contribution < 1.29 is 18.3 Å². The Morgan fingerprint density at radius 2 is 1.90 bits per heavy atom. The van der Waals surface area contributed by atoms with E-state index in [2.05, 4.69) is 16.5 Å². The lowest BCUT2D eigenvalue weighted by Crippen LogP contribution is -2.49. The van der Waals surface area contributed by atoms with E-state index >= 15 is 0 Å². The van der Waals surface area contributed by atoms with E-state index in [1.54, 1.807) is 0 Å². The van der Waals surface area contributed by atoms with Crippen molar-refractivity contribution in [2.24, 2.45) is 5.92 Å². The highest BCUT2D eigenvalue weighted by atomic mass is 32.2. The summed E-state index contributed by atoms with van der Waals surface area (Å²) in [7, 11) is -3.49. The zero-order valence-electron chi connectivity index (χ0n) is 12.5. The van der Waals surface area contributed by atoms with Crippen LogP contribution in [0.4, 0.5) is 0 Å². The summed E-state index contributed by atoms with van der Waals surface area (Å²) in [5.41, 5.74) is 0. The number of nitrogens with zero attached hydrogens (tertiary/aromatic N) is 2. The number of hydrogen-bond donors (Lipinski definition) is 2. The van der Waals surface area contributed by atoms with Gasteiger partial charge in [0.15, 0.2) is 0 Å². The molecule has 0 spiro atoms. The first-order valence-corrected chi connectivity index (χ1v) is 9.09. The number of likely N-dealkylation sites (N-methyl/N-ethyl adjacent to an activating group) is 1. The normalized spacial score (nSPS) is 26.2. The minimum Gasteiger partial charge on any atom is -0.481 e. The molecule has 1 unspecified atom stereocenters. The molecule has 0 amide bonds. The van der Waals surface area contributed by atoms with Gasteiger partial charge in [-0.25, -0.2) is 4.72 Å². The average molecular weight is 319 g/mol. The summed E-state index contributed by atoms with van der Waals surface area (Å²) in [5, 5.41) is 8.94. The van der Waals surface area contributed by atoms with Crippen LogP contribution in [-0.2, 0) is 15.0 Å². The number of piperidine rings is 1. The first-order chi connectivity index (χ1) is 9.94. The molecule has 8 heteroatoms. The van der Waals surface area contributed by atoms with E-state index in [4.69, 9.17) is 5.11 Å².